The van der Waals surface area contributed by atoms with Crippen LogP contribution in [0.25, 0.3) is 11.3 Å². The average Bonchev–Trinajstić information content (AvgIpc) is 2.52. The summed E-state index contributed by atoms with van der Waals surface area (Å²) in [6.07, 6.45) is 0. The summed E-state index contributed by atoms with van der Waals surface area (Å²) in [5.74, 6) is -0.352. The first-order valence-electron chi connectivity index (χ1n) is 7.11. The zero-order valence-electron chi connectivity index (χ0n) is 13.0. The lowest BCUT2D eigenvalue weighted by Gasteiger charge is -2.16. The highest BCUT2D eigenvalue weighted by atomic mass is 32.1. The summed E-state index contributed by atoms with van der Waals surface area (Å²) in [6, 6.07) is 9.51. The Labute approximate surface area is 138 Å². The van der Waals surface area contributed by atoms with Crippen LogP contribution in [0.15, 0.2) is 35.1 Å². The molecule has 0 amide bonds. The fourth-order valence-corrected chi connectivity index (χ4v) is 2.40. The van der Waals surface area contributed by atoms with E-state index in [0.717, 1.165) is 5.56 Å². The Kier molecular flexibility index (Phi) is 5.84. The quantitative estimate of drug-likeness (QED) is 0.499. The first kappa shape index (κ1) is 17.1. The Balaban J connectivity index is 2.28. The number of nitrogens with one attached hydrogen (secondary N) is 1. The number of rotatable bonds is 6. The maximum atomic E-state index is 12.0. The number of hydrogen-bond donors (Lipinski definition) is 1. The van der Waals surface area contributed by atoms with E-state index in [0.29, 0.717) is 11.3 Å². The molecule has 6 nitrogen and oxygen atoms in total. The van der Waals surface area contributed by atoms with Crippen LogP contribution in [-0.4, -0.2) is 28.7 Å². The predicted octanol–water partition coefficient (Wildman–Crippen LogP) is 2.42. The summed E-state index contributed by atoms with van der Waals surface area (Å²) in [6.45, 7) is 3.65. The molecule has 23 heavy (non-hydrogen) atoms. The summed E-state index contributed by atoms with van der Waals surface area (Å²) < 4.78 is 12.3. The van der Waals surface area contributed by atoms with Crippen LogP contribution in [0.2, 0.25) is 0 Å². The van der Waals surface area contributed by atoms with E-state index in [-0.39, 0.29) is 36.2 Å². The molecule has 0 aliphatic heterocycles. The molecule has 0 fully saturated rings. The molecule has 2 aromatic rings. The molecule has 0 radical (unpaired) electrons. The van der Waals surface area contributed by atoms with Crippen LogP contribution in [0.1, 0.15) is 12.5 Å². The Morgan fingerprint density at radius 3 is 2.61 bits per heavy atom. The predicted molar refractivity (Wildman–Crippen MR) is 88.6 cm³/mol. The molecule has 0 saturated heterocycles. The number of aromatic amines is 1. The van der Waals surface area contributed by atoms with Crippen molar-refractivity contribution in [1.29, 1.82) is 0 Å². The first-order chi connectivity index (χ1) is 11.0. The van der Waals surface area contributed by atoms with Crippen LogP contribution >= 0.6 is 12.2 Å². The van der Waals surface area contributed by atoms with Crippen LogP contribution in [0.4, 0.5) is 0 Å². The molecular formula is C16H18N2O4S. The minimum atomic E-state index is -0.352. The van der Waals surface area contributed by atoms with Gasteiger partial charge >= 0.3 is 5.97 Å². The number of hydrogen-bond acceptors (Lipinski definition) is 5. The van der Waals surface area contributed by atoms with Crippen LogP contribution in [0.5, 0.6) is 0 Å². The zero-order chi connectivity index (χ0) is 16.8. The van der Waals surface area contributed by atoms with Gasteiger partial charge in [0.1, 0.15) is 13.3 Å². The van der Waals surface area contributed by atoms with Crippen LogP contribution in [-0.2, 0) is 21.0 Å². The van der Waals surface area contributed by atoms with Gasteiger partial charge in [-0.1, -0.05) is 30.3 Å². The van der Waals surface area contributed by atoms with Crippen molar-refractivity contribution in [3.8, 4) is 11.3 Å². The number of ether oxygens (including phenoxy) is 2. The molecule has 0 bridgehead atoms. The summed E-state index contributed by atoms with van der Waals surface area (Å²) in [4.78, 5) is 25.3. The van der Waals surface area contributed by atoms with Gasteiger partial charge in [-0.3, -0.25) is 19.1 Å². The van der Waals surface area contributed by atoms with E-state index in [2.05, 4.69) is 4.98 Å². The molecule has 0 spiro atoms. The van der Waals surface area contributed by atoms with Gasteiger partial charge in [0.25, 0.3) is 5.56 Å². The molecule has 0 saturated carbocycles. The van der Waals surface area contributed by atoms with Crippen molar-refractivity contribution in [2.24, 2.45) is 0 Å². The molecule has 0 unspecified atom stereocenters. The van der Waals surface area contributed by atoms with Gasteiger partial charge in [-0.25, -0.2) is 0 Å². The van der Waals surface area contributed by atoms with Crippen molar-refractivity contribution in [3.05, 3.63) is 51.0 Å². The number of nitrogens with zero attached hydrogens (tertiary/aromatic N) is 1. The smallest absolute Gasteiger partial charge is 0.302 e. The molecule has 2 rings (SSSR count). The second kappa shape index (κ2) is 7.85. The van der Waals surface area contributed by atoms with E-state index in [9.17, 15) is 9.59 Å². The highest BCUT2D eigenvalue weighted by Crippen LogP contribution is 2.21. The van der Waals surface area contributed by atoms with Crippen LogP contribution in [0.3, 0.4) is 0 Å². The van der Waals surface area contributed by atoms with Crippen molar-refractivity contribution in [2.75, 3.05) is 13.2 Å². The van der Waals surface area contributed by atoms with Crippen molar-refractivity contribution >= 4 is 18.2 Å². The lowest BCUT2D eigenvalue weighted by Crippen LogP contribution is -2.21. The fraction of sp³-hybridized carbons (Fsp3) is 0.312. The molecule has 1 aromatic heterocycles. The maximum absolute atomic E-state index is 12.0. The third-order valence-electron chi connectivity index (χ3n) is 3.23. The molecule has 0 atom stereocenters. The molecule has 1 aromatic carbocycles. The van der Waals surface area contributed by atoms with Crippen molar-refractivity contribution in [1.82, 2.24) is 9.55 Å². The molecule has 1 heterocycles. The summed E-state index contributed by atoms with van der Waals surface area (Å²) in [5.41, 5.74) is 1.94. The maximum Gasteiger partial charge on any atom is 0.302 e. The number of aromatic nitrogens is 2. The number of benzene rings is 1. The summed E-state index contributed by atoms with van der Waals surface area (Å²) >= 11 is 5.25. The van der Waals surface area contributed by atoms with Gasteiger partial charge in [0, 0.05) is 12.5 Å². The molecule has 0 aliphatic carbocycles. The third-order valence-corrected chi connectivity index (χ3v) is 3.55. The molecule has 122 valence electrons. The van der Waals surface area contributed by atoms with E-state index in [1.807, 2.05) is 30.3 Å². The van der Waals surface area contributed by atoms with Gasteiger partial charge in [-0.15, -0.1) is 0 Å². The normalized spacial score (nSPS) is 10.5. The summed E-state index contributed by atoms with van der Waals surface area (Å²) in [5, 5.41) is 0. The van der Waals surface area contributed by atoms with Gasteiger partial charge in [-0.2, -0.15) is 0 Å². The number of carbonyl (C=O) groups is 1. The minimum absolute atomic E-state index is 0.155. The van der Waals surface area contributed by atoms with E-state index >= 15 is 0 Å². The second-order valence-corrected chi connectivity index (χ2v) is 5.29. The van der Waals surface area contributed by atoms with Gasteiger partial charge in [0.15, 0.2) is 4.77 Å². The standard InChI is InChI=1S/C16H18N2O4S/c1-11-14(13-6-4-3-5-7-13)18(16(23)17-15(11)20)10-21-8-9-22-12(2)19/h3-7H,8-10H2,1-2H3,(H,17,20,23). The Hall–Kier alpha value is -2.25. The topological polar surface area (TPSA) is 73.3 Å². The van der Waals surface area contributed by atoms with E-state index in [1.165, 1.54) is 6.92 Å². The minimum Gasteiger partial charge on any atom is -0.463 e. The largest absolute Gasteiger partial charge is 0.463 e. The molecular weight excluding hydrogens is 316 g/mol. The zero-order valence-corrected chi connectivity index (χ0v) is 13.8. The number of esters is 1. The van der Waals surface area contributed by atoms with Crippen molar-refractivity contribution in [2.45, 2.75) is 20.6 Å². The Morgan fingerprint density at radius 1 is 1.26 bits per heavy atom. The lowest BCUT2D eigenvalue weighted by atomic mass is 10.1. The Morgan fingerprint density at radius 2 is 1.96 bits per heavy atom. The number of H-pyrrole nitrogens is 1. The van der Waals surface area contributed by atoms with Gasteiger partial charge in [0.05, 0.1) is 12.3 Å². The molecule has 7 heteroatoms. The van der Waals surface area contributed by atoms with Crippen LogP contribution < -0.4 is 5.56 Å². The van der Waals surface area contributed by atoms with E-state index < -0.39 is 0 Å². The third kappa shape index (κ3) is 4.37. The first-order valence-corrected chi connectivity index (χ1v) is 7.51. The van der Waals surface area contributed by atoms with E-state index in [4.69, 9.17) is 21.7 Å². The SMILES string of the molecule is CC(=O)OCCOCn1c(-c2ccccc2)c(C)c(=O)[nH]c1=S. The molecule has 1 N–H and O–H groups in total. The average molecular weight is 334 g/mol. The lowest BCUT2D eigenvalue weighted by molar-refractivity contribution is -0.142. The van der Waals surface area contributed by atoms with Gasteiger partial charge < -0.3 is 9.47 Å². The van der Waals surface area contributed by atoms with Gasteiger partial charge in [0.2, 0.25) is 0 Å². The second-order valence-electron chi connectivity index (χ2n) is 4.90. The van der Waals surface area contributed by atoms with Crippen LogP contribution in [0, 0.1) is 11.7 Å². The highest BCUT2D eigenvalue weighted by Gasteiger charge is 2.12. The van der Waals surface area contributed by atoms with Crippen molar-refractivity contribution in [3.63, 3.8) is 0 Å². The van der Waals surface area contributed by atoms with Gasteiger partial charge in [-0.05, 0) is 24.7 Å². The van der Waals surface area contributed by atoms with Crippen molar-refractivity contribution < 1.29 is 14.3 Å². The molecule has 0 aliphatic rings. The summed E-state index contributed by atoms with van der Waals surface area (Å²) in [7, 11) is 0. The van der Waals surface area contributed by atoms with E-state index in [1.54, 1.807) is 11.5 Å². The monoisotopic (exact) mass is 334 g/mol. The fourth-order valence-electron chi connectivity index (χ4n) is 2.16. The highest BCUT2D eigenvalue weighted by molar-refractivity contribution is 7.71. The Bertz CT molecular complexity index is 796. The number of carbonyl (C=O) groups excluding carboxylic acids is 1.